The van der Waals surface area contributed by atoms with Gasteiger partial charge in [-0.05, 0) is 13.3 Å². The lowest BCUT2D eigenvalue weighted by Crippen LogP contribution is -2.60. The number of nitrogens with zero attached hydrogens (tertiary/aromatic N) is 1. The van der Waals surface area contributed by atoms with Crippen LogP contribution in [-0.2, 0) is 4.79 Å². The van der Waals surface area contributed by atoms with Gasteiger partial charge in [0.15, 0.2) is 0 Å². The van der Waals surface area contributed by atoms with Crippen molar-refractivity contribution in [2.75, 3.05) is 19.7 Å². The van der Waals surface area contributed by atoms with E-state index in [1.165, 1.54) is 0 Å². The fraction of sp³-hybridized carbons (Fsp3) is 0.889. The van der Waals surface area contributed by atoms with Crippen molar-refractivity contribution in [3.63, 3.8) is 0 Å². The van der Waals surface area contributed by atoms with Crippen molar-refractivity contribution in [1.82, 2.24) is 4.90 Å². The number of aliphatic hydroxyl groups is 1. The van der Waals surface area contributed by atoms with Crippen molar-refractivity contribution < 1.29 is 9.90 Å². The Kier molecular flexibility index (Phi) is 2.93. The van der Waals surface area contributed by atoms with Gasteiger partial charge >= 0.3 is 0 Å². The molecule has 4 heteroatoms. The summed E-state index contributed by atoms with van der Waals surface area (Å²) in [7, 11) is 0. The molecule has 0 aromatic rings. The Labute approximate surface area is 78.7 Å². The minimum absolute atomic E-state index is 0.000278. The summed E-state index contributed by atoms with van der Waals surface area (Å²) >= 11 is 0. The number of nitrogens with two attached hydrogens (primary N) is 1. The zero-order valence-corrected chi connectivity index (χ0v) is 8.29. The second-order valence-electron chi connectivity index (χ2n) is 4.03. The van der Waals surface area contributed by atoms with E-state index in [0.717, 1.165) is 0 Å². The zero-order chi connectivity index (χ0) is 10.1. The van der Waals surface area contributed by atoms with Gasteiger partial charge in [-0.1, -0.05) is 6.92 Å². The first-order valence-corrected chi connectivity index (χ1v) is 4.70. The van der Waals surface area contributed by atoms with Crippen LogP contribution in [0.3, 0.4) is 0 Å². The van der Waals surface area contributed by atoms with Crippen LogP contribution in [0.5, 0.6) is 0 Å². The van der Waals surface area contributed by atoms with E-state index in [2.05, 4.69) is 0 Å². The topological polar surface area (TPSA) is 66.6 Å². The maximum Gasteiger partial charge on any atom is 0.242 e. The van der Waals surface area contributed by atoms with Gasteiger partial charge in [0.05, 0.1) is 5.54 Å². The van der Waals surface area contributed by atoms with Gasteiger partial charge in [-0.15, -0.1) is 0 Å². The molecular formula is C9H18N2O2. The molecule has 0 radical (unpaired) electrons. The fourth-order valence-electron chi connectivity index (χ4n) is 1.36. The van der Waals surface area contributed by atoms with Crippen molar-refractivity contribution in [3.8, 4) is 0 Å². The van der Waals surface area contributed by atoms with Crippen LogP contribution >= 0.6 is 0 Å². The molecule has 0 spiro atoms. The van der Waals surface area contributed by atoms with E-state index in [-0.39, 0.29) is 18.4 Å². The second kappa shape index (κ2) is 3.64. The van der Waals surface area contributed by atoms with Crippen LogP contribution in [0.2, 0.25) is 0 Å². The molecule has 1 heterocycles. The molecule has 1 unspecified atom stereocenters. The molecule has 1 aliphatic rings. The lowest BCUT2D eigenvalue weighted by Gasteiger charge is -2.42. The van der Waals surface area contributed by atoms with Crippen LogP contribution in [0.4, 0.5) is 0 Å². The molecule has 3 N–H and O–H groups in total. The number of carbonyl (C=O) groups excluding carboxylic acids is 1. The van der Waals surface area contributed by atoms with Gasteiger partial charge in [0.2, 0.25) is 5.91 Å². The Morgan fingerprint density at radius 3 is 2.62 bits per heavy atom. The number of aliphatic hydroxyl groups excluding tert-OH is 1. The highest BCUT2D eigenvalue weighted by molar-refractivity contribution is 5.86. The minimum Gasteiger partial charge on any atom is -0.396 e. The highest BCUT2D eigenvalue weighted by atomic mass is 16.3. The molecule has 1 amide bonds. The van der Waals surface area contributed by atoms with Crippen molar-refractivity contribution in [1.29, 1.82) is 0 Å². The van der Waals surface area contributed by atoms with E-state index < -0.39 is 5.54 Å². The van der Waals surface area contributed by atoms with Crippen LogP contribution in [0.15, 0.2) is 0 Å². The van der Waals surface area contributed by atoms with E-state index in [1.54, 1.807) is 11.8 Å². The maximum atomic E-state index is 11.7. The van der Waals surface area contributed by atoms with Crippen molar-refractivity contribution >= 4 is 5.91 Å². The van der Waals surface area contributed by atoms with Crippen molar-refractivity contribution in [2.24, 2.45) is 11.7 Å². The number of hydrogen-bond acceptors (Lipinski definition) is 3. The molecule has 1 rings (SSSR count). The molecule has 1 fully saturated rings. The van der Waals surface area contributed by atoms with Crippen LogP contribution in [-0.4, -0.2) is 41.1 Å². The first-order valence-electron chi connectivity index (χ1n) is 4.70. The van der Waals surface area contributed by atoms with Crippen molar-refractivity contribution in [3.05, 3.63) is 0 Å². The van der Waals surface area contributed by atoms with Gasteiger partial charge in [0.25, 0.3) is 0 Å². The van der Waals surface area contributed by atoms with Gasteiger partial charge in [-0.25, -0.2) is 0 Å². The number of amides is 1. The Bertz CT molecular complexity index is 198. The summed E-state index contributed by atoms with van der Waals surface area (Å²) in [6.45, 7) is 5.13. The average Bonchev–Trinajstić information content (AvgIpc) is 2.02. The van der Waals surface area contributed by atoms with E-state index in [0.29, 0.717) is 19.5 Å². The predicted octanol–water partition coefficient (Wildman–Crippen LogP) is -0.435. The van der Waals surface area contributed by atoms with Crippen LogP contribution in [0, 0.1) is 5.92 Å². The fourth-order valence-corrected chi connectivity index (χ4v) is 1.36. The molecule has 0 aromatic heterocycles. The summed E-state index contributed by atoms with van der Waals surface area (Å²) in [6.07, 6.45) is 0.645. The summed E-state index contributed by atoms with van der Waals surface area (Å²) in [6, 6.07) is 0. The Hall–Kier alpha value is -0.610. The third-order valence-corrected chi connectivity index (χ3v) is 2.73. The largest absolute Gasteiger partial charge is 0.396 e. The third-order valence-electron chi connectivity index (χ3n) is 2.73. The lowest BCUT2D eigenvalue weighted by molar-refractivity contribution is -0.143. The summed E-state index contributed by atoms with van der Waals surface area (Å²) in [5.41, 5.74) is 5.07. The standard InChI is InChI=1S/C9H18N2O2/c1-3-9(2,10)8(13)11-4-7(5-11)6-12/h7,12H,3-6,10H2,1-2H3. The van der Waals surface area contributed by atoms with Crippen molar-refractivity contribution in [2.45, 2.75) is 25.8 Å². The quantitative estimate of drug-likeness (QED) is 0.628. The maximum absolute atomic E-state index is 11.7. The minimum atomic E-state index is -0.736. The van der Waals surface area contributed by atoms with Gasteiger partial charge in [-0.3, -0.25) is 4.79 Å². The Balaban J connectivity index is 2.43. The molecule has 1 atom stereocenters. The molecule has 1 saturated heterocycles. The summed E-state index contributed by atoms with van der Waals surface area (Å²) in [4.78, 5) is 13.4. The molecule has 0 aromatic carbocycles. The van der Waals surface area contributed by atoms with Crippen LogP contribution in [0.25, 0.3) is 0 Å². The first-order chi connectivity index (χ1) is 6.01. The second-order valence-corrected chi connectivity index (χ2v) is 4.03. The van der Waals surface area contributed by atoms with E-state index in [9.17, 15) is 4.79 Å². The summed E-state index contributed by atoms with van der Waals surface area (Å²) in [5.74, 6) is 0.260. The molecular weight excluding hydrogens is 168 g/mol. The van der Waals surface area contributed by atoms with Gasteiger partial charge in [0, 0.05) is 25.6 Å². The number of hydrogen-bond donors (Lipinski definition) is 2. The van der Waals surface area contributed by atoms with Gasteiger partial charge < -0.3 is 15.7 Å². The monoisotopic (exact) mass is 186 g/mol. The number of likely N-dealkylation sites (tertiary alicyclic amines) is 1. The number of carbonyl (C=O) groups is 1. The normalized spacial score (nSPS) is 22.3. The summed E-state index contributed by atoms with van der Waals surface area (Å²) < 4.78 is 0. The van der Waals surface area contributed by atoms with Gasteiger partial charge in [-0.2, -0.15) is 0 Å². The number of rotatable bonds is 3. The van der Waals surface area contributed by atoms with Crippen LogP contribution in [0.1, 0.15) is 20.3 Å². The SMILES string of the molecule is CCC(C)(N)C(=O)N1CC(CO)C1. The molecule has 76 valence electrons. The van der Waals surface area contributed by atoms with E-state index in [1.807, 2.05) is 6.92 Å². The molecule has 1 aliphatic heterocycles. The van der Waals surface area contributed by atoms with Crippen LogP contribution < -0.4 is 5.73 Å². The summed E-state index contributed by atoms with van der Waals surface area (Å²) in [5, 5.41) is 8.78. The van der Waals surface area contributed by atoms with E-state index in [4.69, 9.17) is 10.8 Å². The lowest BCUT2D eigenvalue weighted by atomic mass is 9.93. The molecule has 4 nitrogen and oxygen atoms in total. The smallest absolute Gasteiger partial charge is 0.242 e. The third kappa shape index (κ3) is 2.00. The Morgan fingerprint density at radius 1 is 1.69 bits per heavy atom. The predicted molar refractivity (Wildman–Crippen MR) is 50.0 cm³/mol. The highest BCUT2D eigenvalue weighted by Crippen LogP contribution is 2.19. The molecule has 13 heavy (non-hydrogen) atoms. The average molecular weight is 186 g/mol. The van der Waals surface area contributed by atoms with Gasteiger partial charge in [0.1, 0.15) is 0 Å². The Morgan fingerprint density at radius 2 is 2.23 bits per heavy atom. The molecule has 0 saturated carbocycles. The molecule has 0 bridgehead atoms. The van der Waals surface area contributed by atoms with E-state index >= 15 is 0 Å². The first kappa shape index (κ1) is 10.5. The highest BCUT2D eigenvalue weighted by Gasteiger charge is 2.37. The molecule has 0 aliphatic carbocycles. The zero-order valence-electron chi connectivity index (χ0n) is 8.29.